The van der Waals surface area contributed by atoms with Gasteiger partial charge in [-0.25, -0.2) is 8.78 Å². The molecular formula is C18H25F2N3O3. The summed E-state index contributed by atoms with van der Waals surface area (Å²) in [7, 11) is 0. The molecule has 0 aromatic heterocycles. The molecule has 2 amide bonds. The Kier molecular flexibility index (Phi) is 6.30. The largest absolute Gasteiger partial charge is 0.373 e. The van der Waals surface area contributed by atoms with Gasteiger partial charge in [0, 0.05) is 25.2 Å². The molecule has 144 valence electrons. The van der Waals surface area contributed by atoms with Gasteiger partial charge in [0.25, 0.3) is 0 Å². The number of morpholine rings is 1. The molecule has 1 aromatic rings. The molecule has 2 rings (SSSR count). The van der Waals surface area contributed by atoms with E-state index in [0.717, 1.165) is 6.07 Å². The van der Waals surface area contributed by atoms with Crippen LogP contribution in [0.1, 0.15) is 27.7 Å². The highest BCUT2D eigenvalue weighted by Gasteiger charge is 2.33. The zero-order valence-corrected chi connectivity index (χ0v) is 15.4. The Bertz CT molecular complexity index is 672. The van der Waals surface area contributed by atoms with Gasteiger partial charge in [-0.1, -0.05) is 6.07 Å². The van der Waals surface area contributed by atoms with Crippen LogP contribution in [-0.4, -0.2) is 54.1 Å². The quantitative estimate of drug-likeness (QED) is 0.796. The van der Waals surface area contributed by atoms with Crippen molar-refractivity contribution in [1.82, 2.24) is 10.2 Å². The summed E-state index contributed by atoms with van der Waals surface area (Å²) < 4.78 is 32.4. The van der Waals surface area contributed by atoms with Crippen molar-refractivity contribution in [1.29, 1.82) is 0 Å². The van der Waals surface area contributed by atoms with Gasteiger partial charge in [0.05, 0.1) is 17.9 Å². The molecule has 2 unspecified atom stereocenters. The molecular weight excluding hydrogens is 344 g/mol. The molecule has 6 nitrogen and oxygen atoms in total. The van der Waals surface area contributed by atoms with Crippen molar-refractivity contribution in [3.63, 3.8) is 0 Å². The Morgan fingerprint density at radius 1 is 1.19 bits per heavy atom. The minimum atomic E-state index is -1.20. The number of halogens is 2. The maximum atomic E-state index is 13.6. The van der Waals surface area contributed by atoms with Crippen LogP contribution in [0.3, 0.4) is 0 Å². The molecule has 1 aliphatic rings. The Morgan fingerprint density at radius 2 is 1.81 bits per heavy atom. The molecule has 26 heavy (non-hydrogen) atoms. The number of nitrogens with one attached hydrogen (secondary N) is 2. The number of amides is 2. The summed E-state index contributed by atoms with van der Waals surface area (Å²) >= 11 is 0. The van der Waals surface area contributed by atoms with Gasteiger partial charge < -0.3 is 15.4 Å². The fourth-order valence-corrected chi connectivity index (χ4v) is 2.94. The third-order valence-corrected chi connectivity index (χ3v) is 4.36. The van der Waals surface area contributed by atoms with Gasteiger partial charge in [0.2, 0.25) is 0 Å². The van der Waals surface area contributed by atoms with Crippen LogP contribution in [0, 0.1) is 11.6 Å². The number of nitrogens with zero attached hydrogens (tertiary/aromatic N) is 1. The van der Waals surface area contributed by atoms with E-state index >= 15 is 0 Å². The van der Waals surface area contributed by atoms with Crippen molar-refractivity contribution in [3.05, 3.63) is 29.8 Å². The molecule has 0 radical (unpaired) electrons. The van der Waals surface area contributed by atoms with Crippen LogP contribution in [0.2, 0.25) is 0 Å². The maximum absolute atomic E-state index is 13.6. The second-order valence-electron chi connectivity index (χ2n) is 7.21. The van der Waals surface area contributed by atoms with Gasteiger partial charge in [-0.15, -0.1) is 0 Å². The van der Waals surface area contributed by atoms with Crippen LogP contribution in [0.15, 0.2) is 18.2 Å². The van der Waals surface area contributed by atoms with Crippen molar-refractivity contribution >= 4 is 17.5 Å². The van der Waals surface area contributed by atoms with Crippen LogP contribution in [-0.2, 0) is 14.3 Å². The lowest BCUT2D eigenvalue weighted by atomic mass is 10.00. The number of ether oxygens (including phenoxy) is 1. The van der Waals surface area contributed by atoms with Crippen LogP contribution >= 0.6 is 0 Å². The highest BCUT2D eigenvalue weighted by molar-refractivity contribution is 6.39. The zero-order valence-electron chi connectivity index (χ0n) is 15.4. The monoisotopic (exact) mass is 369 g/mol. The van der Waals surface area contributed by atoms with E-state index < -0.39 is 29.0 Å². The van der Waals surface area contributed by atoms with Crippen LogP contribution in [0.25, 0.3) is 0 Å². The van der Waals surface area contributed by atoms with E-state index in [2.05, 4.69) is 15.5 Å². The number of carbonyl (C=O) groups is 2. The highest BCUT2D eigenvalue weighted by Crippen LogP contribution is 2.21. The summed E-state index contributed by atoms with van der Waals surface area (Å²) in [5.41, 5.74) is -0.771. The van der Waals surface area contributed by atoms with E-state index in [4.69, 9.17) is 4.74 Å². The van der Waals surface area contributed by atoms with Crippen molar-refractivity contribution in [2.75, 3.05) is 25.0 Å². The number of benzene rings is 1. The summed E-state index contributed by atoms with van der Waals surface area (Å²) in [6.45, 7) is 9.55. The summed E-state index contributed by atoms with van der Waals surface area (Å²) in [6.07, 6.45) is 0.154. The highest BCUT2D eigenvalue weighted by atomic mass is 19.2. The fraction of sp³-hybridized carbons (Fsp3) is 0.556. The molecule has 0 saturated carbocycles. The van der Waals surface area contributed by atoms with Gasteiger partial charge in [-0.2, -0.15) is 0 Å². The predicted molar refractivity (Wildman–Crippen MR) is 93.7 cm³/mol. The Hall–Kier alpha value is -2.06. The zero-order chi connectivity index (χ0) is 19.5. The van der Waals surface area contributed by atoms with Gasteiger partial charge in [-0.3, -0.25) is 14.5 Å². The Balaban J connectivity index is 1.92. The average Bonchev–Trinajstić information content (AvgIpc) is 2.56. The fourth-order valence-electron chi connectivity index (χ4n) is 2.94. The summed E-state index contributed by atoms with van der Waals surface area (Å²) in [6, 6.07) is 3.36. The number of hydrogen-bond donors (Lipinski definition) is 2. The first-order valence-corrected chi connectivity index (χ1v) is 8.54. The summed E-state index contributed by atoms with van der Waals surface area (Å²) in [5.74, 6) is -4.25. The van der Waals surface area contributed by atoms with Crippen molar-refractivity contribution in [2.45, 2.75) is 45.4 Å². The molecule has 2 atom stereocenters. The van der Waals surface area contributed by atoms with Gasteiger partial charge in [0.1, 0.15) is 0 Å². The third kappa shape index (κ3) is 4.98. The summed E-state index contributed by atoms with van der Waals surface area (Å²) in [4.78, 5) is 26.1. The third-order valence-electron chi connectivity index (χ3n) is 4.36. The first kappa shape index (κ1) is 20.3. The first-order chi connectivity index (χ1) is 12.1. The van der Waals surface area contributed by atoms with Gasteiger partial charge >= 0.3 is 11.8 Å². The lowest BCUT2D eigenvalue weighted by molar-refractivity contribution is -0.137. The predicted octanol–water partition coefficient (Wildman–Crippen LogP) is 1.91. The molecule has 1 saturated heterocycles. The topological polar surface area (TPSA) is 70.7 Å². The van der Waals surface area contributed by atoms with Gasteiger partial charge in [0.15, 0.2) is 11.6 Å². The average molecular weight is 369 g/mol. The first-order valence-electron chi connectivity index (χ1n) is 8.54. The number of carbonyl (C=O) groups excluding carboxylic acids is 2. The minimum Gasteiger partial charge on any atom is -0.373 e. The van der Waals surface area contributed by atoms with Crippen LogP contribution in [0.5, 0.6) is 0 Å². The minimum absolute atomic E-state index is 0.0768. The van der Waals surface area contributed by atoms with Crippen molar-refractivity contribution in [3.8, 4) is 0 Å². The normalized spacial score (nSPS) is 21.3. The smallest absolute Gasteiger partial charge is 0.313 e. The molecule has 1 aliphatic heterocycles. The number of hydrogen-bond acceptors (Lipinski definition) is 4. The van der Waals surface area contributed by atoms with E-state index in [-0.39, 0.29) is 24.4 Å². The molecule has 0 bridgehead atoms. The molecule has 2 N–H and O–H groups in total. The van der Waals surface area contributed by atoms with E-state index in [1.807, 2.05) is 27.7 Å². The number of rotatable bonds is 4. The van der Waals surface area contributed by atoms with E-state index in [0.29, 0.717) is 13.1 Å². The molecule has 8 heteroatoms. The Morgan fingerprint density at radius 3 is 2.42 bits per heavy atom. The van der Waals surface area contributed by atoms with Crippen molar-refractivity contribution in [2.24, 2.45) is 0 Å². The van der Waals surface area contributed by atoms with Crippen LogP contribution < -0.4 is 10.6 Å². The number of anilines is 1. The van der Waals surface area contributed by atoms with E-state index in [1.54, 1.807) is 0 Å². The second kappa shape index (κ2) is 8.09. The molecule has 1 heterocycles. The molecule has 0 aliphatic carbocycles. The van der Waals surface area contributed by atoms with Gasteiger partial charge in [-0.05, 0) is 39.8 Å². The standard InChI is InChI=1S/C18H25F2N3O3/c1-11-8-23(9-12(2)26-11)18(3,4)10-21-16(24)17(25)22-14-7-5-6-13(19)15(14)20/h5-7,11-12H,8-10H2,1-4H3,(H,21,24)(H,22,25). The molecule has 0 spiro atoms. The van der Waals surface area contributed by atoms with E-state index in [9.17, 15) is 18.4 Å². The summed E-state index contributed by atoms with van der Waals surface area (Å²) in [5, 5.41) is 4.64. The van der Waals surface area contributed by atoms with E-state index in [1.165, 1.54) is 12.1 Å². The SMILES string of the molecule is CC1CN(C(C)(C)CNC(=O)C(=O)Nc2cccc(F)c2F)CC(C)O1. The second-order valence-corrected chi connectivity index (χ2v) is 7.21. The molecule has 1 fully saturated rings. The maximum Gasteiger partial charge on any atom is 0.313 e. The Labute approximate surface area is 151 Å². The molecule has 1 aromatic carbocycles. The lowest BCUT2D eigenvalue weighted by Gasteiger charge is -2.45. The lowest BCUT2D eigenvalue weighted by Crippen LogP contribution is -2.59. The van der Waals surface area contributed by atoms with Crippen LogP contribution in [0.4, 0.5) is 14.5 Å². The van der Waals surface area contributed by atoms with Crippen molar-refractivity contribution < 1.29 is 23.1 Å².